The Morgan fingerprint density at radius 3 is 2.56 bits per heavy atom. The molecule has 0 aliphatic heterocycles. The Morgan fingerprint density at radius 1 is 1.19 bits per heavy atom. The van der Waals surface area contributed by atoms with E-state index < -0.39 is 12.8 Å². The number of hydrogen-bond donors (Lipinski definition) is 2. The van der Waals surface area contributed by atoms with E-state index in [9.17, 15) is 13.2 Å². The lowest BCUT2D eigenvalue weighted by molar-refractivity contribution is -0.153. The first-order chi connectivity index (χ1) is 12.4. The summed E-state index contributed by atoms with van der Waals surface area (Å²) in [6.45, 7) is 1.81. The minimum Gasteiger partial charge on any atom is -0.484 e. The van der Waals surface area contributed by atoms with Gasteiger partial charge < -0.3 is 15.4 Å². The number of thiophene rings is 1. The molecule has 2 N–H and O–H groups in total. The van der Waals surface area contributed by atoms with Crippen molar-refractivity contribution in [2.75, 3.05) is 20.2 Å². The topological polar surface area (TPSA) is 45.7 Å². The number of benzene rings is 1. The van der Waals surface area contributed by atoms with Gasteiger partial charge in [-0.2, -0.15) is 13.2 Å². The molecule has 0 saturated heterocycles. The highest BCUT2D eigenvalue weighted by atomic mass is 127. The van der Waals surface area contributed by atoms with Crippen molar-refractivity contribution in [1.29, 1.82) is 0 Å². The molecule has 2 rings (SSSR count). The average Bonchev–Trinajstić information content (AvgIpc) is 3.14. The monoisotopic (exact) mass is 513 g/mol. The van der Waals surface area contributed by atoms with Gasteiger partial charge in [0.05, 0.1) is 0 Å². The maximum Gasteiger partial charge on any atom is 0.422 e. The van der Waals surface area contributed by atoms with Crippen molar-refractivity contribution in [3.63, 3.8) is 0 Å². The first kappa shape index (κ1) is 23.5. The number of alkyl halides is 3. The Hall–Kier alpha value is -1.49. The van der Waals surface area contributed by atoms with Gasteiger partial charge in [-0.1, -0.05) is 31.2 Å². The molecule has 1 aromatic carbocycles. The van der Waals surface area contributed by atoms with E-state index in [0.29, 0.717) is 30.5 Å². The molecule has 4 nitrogen and oxygen atoms in total. The van der Waals surface area contributed by atoms with Crippen molar-refractivity contribution in [2.24, 2.45) is 4.99 Å². The third kappa shape index (κ3) is 8.37. The molecule has 0 saturated carbocycles. The minimum absolute atomic E-state index is 0. The molecule has 1 aromatic heterocycles. The zero-order chi connectivity index (χ0) is 19.0. The van der Waals surface area contributed by atoms with E-state index in [1.807, 2.05) is 11.4 Å². The fourth-order valence-electron chi connectivity index (χ4n) is 2.27. The molecule has 0 aliphatic carbocycles. The van der Waals surface area contributed by atoms with E-state index in [4.69, 9.17) is 4.74 Å². The Morgan fingerprint density at radius 2 is 1.93 bits per heavy atom. The standard InChI is InChI=1S/C18H22F3N3OS.HI/c1-13(16-8-5-9-26-16)10-23-17(22-2)24-11-14-6-3-4-7-15(14)25-12-18(19,20)21;/h3-9,13H,10-12H2,1-2H3,(H2,22,23,24);1H. The van der Waals surface area contributed by atoms with Crippen LogP contribution in [-0.4, -0.2) is 32.3 Å². The molecule has 0 amide bonds. The molecule has 1 unspecified atom stereocenters. The van der Waals surface area contributed by atoms with Gasteiger partial charge in [-0.25, -0.2) is 0 Å². The van der Waals surface area contributed by atoms with E-state index in [1.165, 1.54) is 10.9 Å². The summed E-state index contributed by atoms with van der Waals surface area (Å²) < 4.78 is 42.0. The highest BCUT2D eigenvalue weighted by Crippen LogP contribution is 2.22. The fraction of sp³-hybridized carbons (Fsp3) is 0.389. The molecule has 1 atom stereocenters. The molecule has 1 heterocycles. The lowest BCUT2D eigenvalue weighted by Crippen LogP contribution is -2.38. The van der Waals surface area contributed by atoms with E-state index in [1.54, 1.807) is 36.6 Å². The molecule has 0 aliphatic rings. The second-order valence-corrected chi connectivity index (χ2v) is 6.71. The molecule has 0 radical (unpaired) electrons. The fourth-order valence-corrected chi connectivity index (χ4v) is 3.06. The number of ether oxygens (including phenoxy) is 1. The first-order valence-electron chi connectivity index (χ1n) is 8.14. The van der Waals surface area contributed by atoms with Crippen LogP contribution in [0.2, 0.25) is 0 Å². The quantitative estimate of drug-likeness (QED) is 0.319. The zero-order valence-corrected chi connectivity index (χ0v) is 18.2. The van der Waals surface area contributed by atoms with Gasteiger partial charge >= 0.3 is 6.18 Å². The second-order valence-electron chi connectivity index (χ2n) is 5.73. The lowest BCUT2D eigenvalue weighted by Gasteiger charge is -2.17. The molecule has 0 fully saturated rings. The summed E-state index contributed by atoms with van der Waals surface area (Å²) >= 11 is 1.70. The Labute approximate surface area is 178 Å². The molecule has 27 heavy (non-hydrogen) atoms. The van der Waals surface area contributed by atoms with Crippen molar-refractivity contribution in [1.82, 2.24) is 10.6 Å². The molecular weight excluding hydrogens is 490 g/mol. The van der Waals surface area contributed by atoms with Crippen LogP contribution >= 0.6 is 35.3 Å². The van der Waals surface area contributed by atoms with Crippen molar-refractivity contribution in [2.45, 2.75) is 25.6 Å². The summed E-state index contributed by atoms with van der Waals surface area (Å²) in [5.74, 6) is 1.12. The van der Waals surface area contributed by atoms with Crippen molar-refractivity contribution >= 4 is 41.3 Å². The maximum atomic E-state index is 12.4. The molecule has 150 valence electrons. The number of aliphatic imine (C=N–C) groups is 1. The largest absolute Gasteiger partial charge is 0.484 e. The zero-order valence-electron chi connectivity index (χ0n) is 15.0. The van der Waals surface area contributed by atoms with Gasteiger partial charge in [-0.15, -0.1) is 35.3 Å². The minimum atomic E-state index is -4.37. The Kier molecular flexibility index (Phi) is 9.92. The summed E-state index contributed by atoms with van der Waals surface area (Å²) in [5.41, 5.74) is 0.631. The van der Waals surface area contributed by atoms with Crippen LogP contribution in [0.3, 0.4) is 0 Å². The van der Waals surface area contributed by atoms with Gasteiger partial charge in [-0.05, 0) is 17.5 Å². The number of hydrogen-bond acceptors (Lipinski definition) is 3. The molecule has 9 heteroatoms. The molecular formula is C18H23F3IN3OS. The number of guanidine groups is 1. The van der Waals surface area contributed by atoms with Crippen LogP contribution in [0.15, 0.2) is 46.8 Å². The van der Waals surface area contributed by atoms with Crippen LogP contribution < -0.4 is 15.4 Å². The predicted molar refractivity (Wildman–Crippen MR) is 114 cm³/mol. The Balaban J connectivity index is 0.00000364. The van der Waals surface area contributed by atoms with Gasteiger partial charge in [0.25, 0.3) is 0 Å². The molecule has 0 spiro atoms. The van der Waals surface area contributed by atoms with Crippen LogP contribution in [0.4, 0.5) is 13.2 Å². The second kappa shape index (κ2) is 11.4. The summed E-state index contributed by atoms with van der Waals surface area (Å²) in [6.07, 6.45) is -4.37. The highest BCUT2D eigenvalue weighted by Gasteiger charge is 2.28. The number of para-hydroxylation sites is 1. The molecule has 0 bridgehead atoms. The maximum absolute atomic E-state index is 12.4. The predicted octanol–water partition coefficient (Wildman–Crippen LogP) is 4.78. The van der Waals surface area contributed by atoms with Gasteiger partial charge in [0, 0.05) is 36.5 Å². The van der Waals surface area contributed by atoms with E-state index in [-0.39, 0.29) is 29.7 Å². The highest BCUT2D eigenvalue weighted by molar-refractivity contribution is 14.0. The summed E-state index contributed by atoms with van der Waals surface area (Å²) in [4.78, 5) is 5.43. The van der Waals surface area contributed by atoms with Crippen molar-refractivity contribution < 1.29 is 17.9 Å². The van der Waals surface area contributed by atoms with Crippen molar-refractivity contribution in [3.8, 4) is 5.75 Å². The van der Waals surface area contributed by atoms with Gasteiger partial charge in [0.2, 0.25) is 0 Å². The van der Waals surface area contributed by atoms with Crippen LogP contribution in [-0.2, 0) is 6.54 Å². The Bertz CT molecular complexity index is 708. The first-order valence-corrected chi connectivity index (χ1v) is 9.02. The normalized spacial score (nSPS) is 12.9. The van der Waals surface area contributed by atoms with Crippen LogP contribution in [0.1, 0.15) is 23.3 Å². The number of rotatable bonds is 7. The van der Waals surface area contributed by atoms with Crippen LogP contribution in [0.25, 0.3) is 0 Å². The van der Waals surface area contributed by atoms with Gasteiger partial charge in [-0.3, -0.25) is 4.99 Å². The molecule has 2 aromatic rings. The van der Waals surface area contributed by atoms with Crippen LogP contribution in [0, 0.1) is 0 Å². The van der Waals surface area contributed by atoms with E-state index >= 15 is 0 Å². The van der Waals surface area contributed by atoms with Crippen molar-refractivity contribution in [3.05, 3.63) is 52.2 Å². The number of nitrogens with one attached hydrogen (secondary N) is 2. The van der Waals surface area contributed by atoms with E-state index in [2.05, 4.69) is 28.6 Å². The van der Waals surface area contributed by atoms with Gasteiger partial charge in [0.1, 0.15) is 5.75 Å². The third-order valence-electron chi connectivity index (χ3n) is 3.64. The van der Waals surface area contributed by atoms with E-state index in [0.717, 1.165) is 0 Å². The smallest absolute Gasteiger partial charge is 0.422 e. The van der Waals surface area contributed by atoms with Crippen LogP contribution in [0.5, 0.6) is 5.75 Å². The van der Waals surface area contributed by atoms with Gasteiger partial charge in [0.15, 0.2) is 12.6 Å². The summed E-state index contributed by atoms with van der Waals surface area (Å²) in [7, 11) is 1.65. The summed E-state index contributed by atoms with van der Waals surface area (Å²) in [5, 5.41) is 8.37. The summed E-state index contributed by atoms with van der Waals surface area (Å²) in [6, 6.07) is 10.7. The SMILES string of the molecule is CN=C(NCc1ccccc1OCC(F)(F)F)NCC(C)c1cccs1.I. The third-order valence-corrected chi connectivity index (χ3v) is 4.74. The number of nitrogens with zero attached hydrogens (tertiary/aromatic N) is 1. The lowest BCUT2D eigenvalue weighted by atomic mass is 10.1. The number of halogens is 4. The average molecular weight is 513 g/mol.